The highest BCUT2D eigenvalue weighted by molar-refractivity contribution is 7.98. The molecule has 0 bridgehead atoms. The van der Waals surface area contributed by atoms with Crippen LogP contribution in [0, 0.1) is 0 Å². The van der Waals surface area contributed by atoms with Crippen molar-refractivity contribution in [1.82, 2.24) is 4.98 Å². The molecule has 0 radical (unpaired) electrons. The van der Waals surface area contributed by atoms with Crippen LogP contribution in [0.25, 0.3) is 0 Å². The highest BCUT2D eigenvalue weighted by Gasteiger charge is 2.18. The molecule has 0 saturated heterocycles. The Kier molecular flexibility index (Phi) is 5.27. The van der Waals surface area contributed by atoms with Crippen molar-refractivity contribution >= 4 is 29.2 Å². The summed E-state index contributed by atoms with van der Waals surface area (Å²) in [6.07, 6.45) is 4.54. The van der Waals surface area contributed by atoms with Crippen LogP contribution in [0.1, 0.15) is 23.7 Å². The second kappa shape index (κ2) is 6.49. The monoisotopic (exact) mass is 269 g/mol. The largest absolute Gasteiger partial charge is 0.478 e. The van der Waals surface area contributed by atoms with Crippen molar-refractivity contribution < 1.29 is 9.90 Å². The first-order valence-corrected chi connectivity index (χ1v) is 7.08. The first-order chi connectivity index (χ1) is 8.49. The molecule has 1 aromatic heterocycles. The van der Waals surface area contributed by atoms with Crippen molar-refractivity contribution in [3.8, 4) is 0 Å². The van der Waals surface area contributed by atoms with Crippen molar-refractivity contribution in [2.24, 2.45) is 0 Å². The third-order valence-corrected chi connectivity index (χ3v) is 3.58. The molecular formula is C12H19N3O2S. The highest BCUT2D eigenvalue weighted by atomic mass is 32.2. The van der Waals surface area contributed by atoms with Crippen molar-refractivity contribution in [2.45, 2.75) is 19.4 Å². The molecule has 1 unspecified atom stereocenters. The summed E-state index contributed by atoms with van der Waals surface area (Å²) in [7, 11) is 1.88. The lowest BCUT2D eigenvalue weighted by molar-refractivity contribution is 0.0698. The zero-order valence-electron chi connectivity index (χ0n) is 10.9. The number of rotatable bonds is 6. The van der Waals surface area contributed by atoms with Gasteiger partial charge in [0.25, 0.3) is 0 Å². The van der Waals surface area contributed by atoms with Crippen LogP contribution in [-0.2, 0) is 0 Å². The highest BCUT2D eigenvalue weighted by Crippen LogP contribution is 2.25. The van der Waals surface area contributed by atoms with Crippen LogP contribution in [0.15, 0.2) is 12.3 Å². The second-order valence-corrected chi connectivity index (χ2v) is 5.13. The van der Waals surface area contributed by atoms with E-state index >= 15 is 0 Å². The smallest absolute Gasteiger partial charge is 0.337 e. The molecule has 0 spiro atoms. The molecule has 0 amide bonds. The van der Waals surface area contributed by atoms with E-state index in [-0.39, 0.29) is 17.3 Å². The number of thioether (sulfide) groups is 1. The van der Waals surface area contributed by atoms with Gasteiger partial charge in [0, 0.05) is 19.3 Å². The Morgan fingerprint density at radius 2 is 2.33 bits per heavy atom. The van der Waals surface area contributed by atoms with Crippen molar-refractivity contribution in [3.05, 3.63) is 17.8 Å². The summed E-state index contributed by atoms with van der Waals surface area (Å²) in [4.78, 5) is 17.1. The van der Waals surface area contributed by atoms with Crippen molar-refractivity contribution in [2.75, 3.05) is 29.7 Å². The number of aromatic nitrogens is 1. The van der Waals surface area contributed by atoms with Crippen LogP contribution < -0.4 is 10.6 Å². The van der Waals surface area contributed by atoms with E-state index in [0.717, 1.165) is 12.2 Å². The average molecular weight is 269 g/mol. The minimum absolute atomic E-state index is 0.101. The van der Waals surface area contributed by atoms with E-state index in [2.05, 4.69) is 18.2 Å². The van der Waals surface area contributed by atoms with Gasteiger partial charge in [0.05, 0.1) is 11.3 Å². The summed E-state index contributed by atoms with van der Waals surface area (Å²) in [6.45, 7) is 2.07. The minimum Gasteiger partial charge on any atom is -0.478 e. The van der Waals surface area contributed by atoms with E-state index in [4.69, 9.17) is 10.8 Å². The van der Waals surface area contributed by atoms with Gasteiger partial charge in [-0.15, -0.1) is 0 Å². The Balaban J connectivity index is 2.95. The van der Waals surface area contributed by atoms with Gasteiger partial charge in [-0.3, -0.25) is 0 Å². The lowest BCUT2D eigenvalue weighted by Gasteiger charge is -2.27. The zero-order chi connectivity index (χ0) is 13.7. The maximum Gasteiger partial charge on any atom is 0.337 e. The summed E-state index contributed by atoms with van der Waals surface area (Å²) in [5, 5.41) is 9.02. The molecule has 0 saturated carbocycles. The molecule has 100 valence electrons. The third kappa shape index (κ3) is 3.29. The van der Waals surface area contributed by atoms with Crippen LogP contribution in [-0.4, -0.2) is 41.2 Å². The molecule has 5 nitrogen and oxygen atoms in total. The molecule has 0 fully saturated rings. The van der Waals surface area contributed by atoms with E-state index < -0.39 is 5.97 Å². The number of carboxylic acids is 1. The van der Waals surface area contributed by atoms with Gasteiger partial charge in [-0.2, -0.15) is 11.8 Å². The molecular weight excluding hydrogens is 250 g/mol. The number of carboxylic acid groups (broad SMARTS) is 1. The lowest BCUT2D eigenvalue weighted by atomic mass is 10.2. The summed E-state index contributed by atoms with van der Waals surface area (Å²) in [5.41, 5.74) is 6.19. The number of nitrogens with zero attached hydrogens (tertiary/aromatic N) is 2. The molecule has 0 aromatic carbocycles. The first kappa shape index (κ1) is 14.6. The summed E-state index contributed by atoms with van der Waals surface area (Å²) < 4.78 is 0. The summed E-state index contributed by atoms with van der Waals surface area (Å²) in [5.74, 6) is 0.550. The molecule has 3 N–H and O–H groups in total. The average Bonchev–Trinajstić information content (AvgIpc) is 2.35. The van der Waals surface area contributed by atoms with Gasteiger partial charge in [0.2, 0.25) is 0 Å². The van der Waals surface area contributed by atoms with Crippen LogP contribution in [0.3, 0.4) is 0 Å². The maximum absolute atomic E-state index is 11.0. The fourth-order valence-electron chi connectivity index (χ4n) is 1.62. The number of nitrogen functional groups attached to an aromatic ring is 1. The number of hydrogen-bond acceptors (Lipinski definition) is 5. The number of anilines is 2. The maximum atomic E-state index is 11.0. The molecule has 18 heavy (non-hydrogen) atoms. The fraction of sp³-hybridized carbons (Fsp3) is 0.500. The van der Waals surface area contributed by atoms with Gasteiger partial charge < -0.3 is 15.7 Å². The predicted octanol–water partition coefficient (Wildman–Crippen LogP) is 1.94. The number of aromatic carboxylic acids is 1. The fourth-order valence-corrected chi connectivity index (χ4v) is 2.20. The molecule has 6 heteroatoms. The van der Waals surface area contributed by atoms with Crippen molar-refractivity contribution in [3.63, 3.8) is 0 Å². The van der Waals surface area contributed by atoms with E-state index in [1.165, 1.54) is 12.3 Å². The van der Waals surface area contributed by atoms with Crippen LogP contribution >= 0.6 is 11.8 Å². The molecule has 0 aliphatic rings. The van der Waals surface area contributed by atoms with Crippen molar-refractivity contribution in [1.29, 1.82) is 0 Å². The lowest BCUT2D eigenvalue weighted by Crippen LogP contribution is -2.31. The molecule has 1 aromatic rings. The van der Waals surface area contributed by atoms with Gasteiger partial charge in [-0.25, -0.2) is 9.78 Å². The Bertz CT molecular complexity index is 426. The van der Waals surface area contributed by atoms with Gasteiger partial charge in [-0.1, -0.05) is 0 Å². The number of hydrogen-bond donors (Lipinski definition) is 2. The number of nitrogens with two attached hydrogens (primary N) is 1. The predicted molar refractivity (Wildman–Crippen MR) is 76.5 cm³/mol. The first-order valence-electron chi connectivity index (χ1n) is 5.68. The Labute approximate surface area is 111 Å². The third-order valence-electron chi connectivity index (χ3n) is 2.93. The minimum atomic E-state index is -1.03. The van der Waals surface area contributed by atoms with Gasteiger partial charge in [0.1, 0.15) is 0 Å². The Morgan fingerprint density at radius 3 is 2.89 bits per heavy atom. The standard InChI is InChI=1S/C12H19N3O2S/c1-8(5-7-18-3)15(2)11-10(13)9(12(16)17)4-6-14-11/h4,6,8H,5,7,13H2,1-3H3,(H,16,17). The molecule has 0 aliphatic carbocycles. The molecule has 1 atom stereocenters. The summed E-state index contributed by atoms with van der Waals surface area (Å²) in [6, 6.07) is 1.68. The Hall–Kier alpha value is -1.43. The zero-order valence-corrected chi connectivity index (χ0v) is 11.7. The number of carbonyl (C=O) groups is 1. The topological polar surface area (TPSA) is 79.5 Å². The van der Waals surface area contributed by atoms with E-state index in [9.17, 15) is 4.79 Å². The molecule has 1 heterocycles. The van der Waals surface area contributed by atoms with Crippen LogP contribution in [0.5, 0.6) is 0 Å². The second-order valence-electron chi connectivity index (χ2n) is 4.14. The SMILES string of the molecule is CSCCC(C)N(C)c1nccc(C(=O)O)c1N. The van der Waals surface area contributed by atoms with Gasteiger partial charge in [-0.05, 0) is 31.4 Å². The van der Waals surface area contributed by atoms with E-state index in [1.807, 2.05) is 11.9 Å². The van der Waals surface area contributed by atoms with E-state index in [1.54, 1.807) is 11.8 Å². The van der Waals surface area contributed by atoms with Crippen LogP contribution in [0.4, 0.5) is 11.5 Å². The quantitative estimate of drug-likeness (QED) is 0.821. The van der Waals surface area contributed by atoms with Gasteiger partial charge >= 0.3 is 5.97 Å². The number of pyridine rings is 1. The van der Waals surface area contributed by atoms with Crippen LogP contribution in [0.2, 0.25) is 0 Å². The molecule has 1 rings (SSSR count). The van der Waals surface area contributed by atoms with Gasteiger partial charge in [0.15, 0.2) is 5.82 Å². The Morgan fingerprint density at radius 1 is 1.67 bits per heavy atom. The van der Waals surface area contributed by atoms with E-state index in [0.29, 0.717) is 5.82 Å². The summed E-state index contributed by atoms with van der Waals surface area (Å²) >= 11 is 1.78. The normalized spacial score (nSPS) is 12.2. The molecule has 0 aliphatic heterocycles.